The van der Waals surface area contributed by atoms with Crippen LogP contribution in [0.25, 0.3) is 0 Å². The molecular formula is C16H27ClIN5O2S. The average molecular weight is 516 g/mol. The van der Waals surface area contributed by atoms with Gasteiger partial charge < -0.3 is 15.1 Å². The van der Waals surface area contributed by atoms with E-state index in [9.17, 15) is 8.42 Å². The zero-order chi connectivity index (χ0) is 18.3. The second-order valence-corrected chi connectivity index (χ2v) is 8.20. The minimum atomic E-state index is -3.15. The Labute approximate surface area is 178 Å². The van der Waals surface area contributed by atoms with E-state index in [2.05, 4.69) is 24.8 Å². The largest absolute Gasteiger partial charge is 0.367 e. The Hall–Kier alpha value is -0.780. The molecule has 1 saturated heterocycles. The molecule has 1 aromatic rings. The van der Waals surface area contributed by atoms with Crippen LogP contribution in [-0.4, -0.2) is 71.3 Å². The van der Waals surface area contributed by atoms with Crippen LogP contribution in [0.3, 0.4) is 0 Å². The van der Waals surface area contributed by atoms with Crippen molar-refractivity contribution in [1.29, 1.82) is 0 Å². The molecular weight excluding hydrogens is 489 g/mol. The lowest BCUT2D eigenvalue weighted by atomic mass is 10.2. The van der Waals surface area contributed by atoms with Gasteiger partial charge in [-0.05, 0) is 19.1 Å². The van der Waals surface area contributed by atoms with Crippen LogP contribution in [0.1, 0.15) is 6.92 Å². The molecule has 26 heavy (non-hydrogen) atoms. The van der Waals surface area contributed by atoms with Crippen LogP contribution in [0.15, 0.2) is 29.3 Å². The van der Waals surface area contributed by atoms with Gasteiger partial charge in [0.2, 0.25) is 10.0 Å². The van der Waals surface area contributed by atoms with Crippen LogP contribution in [0.5, 0.6) is 0 Å². The Morgan fingerprint density at radius 2 is 1.85 bits per heavy atom. The molecule has 1 fully saturated rings. The van der Waals surface area contributed by atoms with Crippen LogP contribution in [0, 0.1) is 0 Å². The number of aliphatic imine (C=N–C) groups is 1. The van der Waals surface area contributed by atoms with E-state index >= 15 is 0 Å². The first-order chi connectivity index (χ1) is 12.0. The zero-order valence-electron chi connectivity index (χ0n) is 15.1. The number of nitrogens with zero attached hydrogens (tertiary/aromatic N) is 3. The molecule has 1 aromatic carbocycles. The van der Waals surface area contributed by atoms with Gasteiger partial charge >= 0.3 is 0 Å². The maximum atomic E-state index is 11.4. The molecule has 1 aliphatic heterocycles. The number of benzene rings is 1. The first kappa shape index (κ1) is 23.3. The molecule has 7 nitrogen and oxygen atoms in total. The second-order valence-electron chi connectivity index (χ2n) is 5.70. The van der Waals surface area contributed by atoms with Crippen LogP contribution in [-0.2, 0) is 10.0 Å². The summed E-state index contributed by atoms with van der Waals surface area (Å²) in [6.45, 7) is 5.82. The summed E-state index contributed by atoms with van der Waals surface area (Å²) in [6.07, 6.45) is 0. The van der Waals surface area contributed by atoms with Gasteiger partial charge in [0.05, 0.1) is 16.5 Å². The monoisotopic (exact) mass is 515 g/mol. The highest BCUT2D eigenvalue weighted by Gasteiger charge is 2.20. The molecule has 0 bridgehead atoms. The number of halogens is 2. The lowest BCUT2D eigenvalue weighted by Crippen LogP contribution is -2.53. The van der Waals surface area contributed by atoms with E-state index in [0.29, 0.717) is 13.1 Å². The number of piperazine rings is 1. The van der Waals surface area contributed by atoms with Crippen molar-refractivity contribution in [3.8, 4) is 0 Å². The Balaban J connectivity index is 0.00000338. The Bertz CT molecular complexity index is 694. The summed E-state index contributed by atoms with van der Waals surface area (Å²) in [4.78, 5) is 8.72. The molecule has 0 amide bonds. The number of rotatable bonds is 6. The lowest BCUT2D eigenvalue weighted by Gasteiger charge is -2.38. The van der Waals surface area contributed by atoms with Crippen molar-refractivity contribution in [2.24, 2.45) is 4.99 Å². The van der Waals surface area contributed by atoms with Gasteiger partial charge in [-0.2, -0.15) is 0 Å². The second kappa shape index (κ2) is 11.2. The molecule has 0 unspecified atom stereocenters. The van der Waals surface area contributed by atoms with E-state index in [1.54, 1.807) is 14.0 Å². The summed E-state index contributed by atoms with van der Waals surface area (Å²) in [7, 11) is -1.42. The predicted octanol–water partition coefficient (Wildman–Crippen LogP) is 1.59. The van der Waals surface area contributed by atoms with Gasteiger partial charge in [-0.3, -0.25) is 4.99 Å². The molecule has 2 rings (SSSR count). The van der Waals surface area contributed by atoms with Crippen LogP contribution in [0.4, 0.5) is 5.69 Å². The molecule has 0 spiro atoms. The van der Waals surface area contributed by atoms with E-state index in [4.69, 9.17) is 11.6 Å². The Morgan fingerprint density at radius 3 is 2.42 bits per heavy atom. The number of sulfonamides is 1. The van der Waals surface area contributed by atoms with Crippen molar-refractivity contribution in [2.75, 3.05) is 57.0 Å². The normalized spacial score (nSPS) is 15.6. The van der Waals surface area contributed by atoms with E-state index in [0.717, 1.165) is 42.8 Å². The molecule has 0 radical (unpaired) electrons. The number of anilines is 1. The average Bonchev–Trinajstić information content (AvgIpc) is 2.62. The number of hydrogen-bond acceptors (Lipinski definition) is 4. The fourth-order valence-corrected chi connectivity index (χ4v) is 3.55. The van der Waals surface area contributed by atoms with E-state index < -0.39 is 10.0 Å². The van der Waals surface area contributed by atoms with Crippen molar-refractivity contribution in [3.05, 3.63) is 29.3 Å². The van der Waals surface area contributed by atoms with E-state index in [-0.39, 0.29) is 29.7 Å². The van der Waals surface area contributed by atoms with Gasteiger partial charge in [-0.15, -0.1) is 24.0 Å². The van der Waals surface area contributed by atoms with Gasteiger partial charge in [0, 0.05) is 46.3 Å². The van der Waals surface area contributed by atoms with Crippen molar-refractivity contribution in [1.82, 2.24) is 14.9 Å². The van der Waals surface area contributed by atoms with Gasteiger partial charge in [0.1, 0.15) is 0 Å². The summed E-state index contributed by atoms with van der Waals surface area (Å²) in [5.74, 6) is 0.876. The molecule has 0 aliphatic carbocycles. The fraction of sp³-hybridized carbons (Fsp3) is 0.562. The molecule has 1 aliphatic rings. The van der Waals surface area contributed by atoms with Crippen molar-refractivity contribution in [2.45, 2.75) is 6.92 Å². The minimum Gasteiger partial charge on any atom is -0.367 e. The third-order valence-electron chi connectivity index (χ3n) is 4.09. The molecule has 1 heterocycles. The van der Waals surface area contributed by atoms with Crippen molar-refractivity contribution >= 4 is 57.2 Å². The highest BCUT2D eigenvalue weighted by Crippen LogP contribution is 2.25. The summed E-state index contributed by atoms with van der Waals surface area (Å²) < 4.78 is 25.4. The first-order valence-corrected chi connectivity index (χ1v) is 10.4. The van der Waals surface area contributed by atoms with Gasteiger partial charge in [0.25, 0.3) is 0 Å². The Morgan fingerprint density at radius 1 is 1.19 bits per heavy atom. The lowest BCUT2D eigenvalue weighted by molar-refractivity contribution is 0.373. The number of hydrogen-bond donors (Lipinski definition) is 2. The van der Waals surface area contributed by atoms with Gasteiger partial charge in [-0.1, -0.05) is 23.7 Å². The fourth-order valence-electron chi connectivity index (χ4n) is 2.68. The third kappa shape index (κ3) is 6.75. The van der Waals surface area contributed by atoms with E-state index in [1.165, 1.54) is 0 Å². The van der Waals surface area contributed by atoms with Crippen molar-refractivity contribution < 1.29 is 8.42 Å². The molecule has 10 heteroatoms. The highest BCUT2D eigenvalue weighted by atomic mass is 127. The predicted molar refractivity (Wildman–Crippen MR) is 119 cm³/mol. The highest BCUT2D eigenvalue weighted by molar-refractivity contribution is 14.0. The quantitative estimate of drug-likeness (QED) is 0.260. The maximum absolute atomic E-state index is 11.4. The van der Waals surface area contributed by atoms with Gasteiger partial charge in [0.15, 0.2) is 5.96 Å². The first-order valence-electron chi connectivity index (χ1n) is 8.39. The minimum absolute atomic E-state index is 0. The number of guanidine groups is 1. The molecule has 0 saturated carbocycles. The molecule has 148 valence electrons. The number of para-hydroxylation sites is 1. The molecule has 0 aromatic heterocycles. The summed E-state index contributed by atoms with van der Waals surface area (Å²) >= 11 is 6.27. The van der Waals surface area contributed by atoms with Gasteiger partial charge in [-0.25, -0.2) is 13.1 Å². The van der Waals surface area contributed by atoms with Crippen molar-refractivity contribution in [3.63, 3.8) is 0 Å². The Kier molecular flexibility index (Phi) is 9.98. The van der Waals surface area contributed by atoms with Crippen LogP contribution in [0.2, 0.25) is 5.02 Å². The number of nitrogens with one attached hydrogen (secondary N) is 2. The third-order valence-corrected chi connectivity index (χ3v) is 5.82. The molecule has 0 atom stereocenters. The maximum Gasteiger partial charge on any atom is 0.211 e. The van der Waals surface area contributed by atoms with Crippen LogP contribution >= 0.6 is 35.6 Å². The van der Waals surface area contributed by atoms with E-state index in [1.807, 2.05) is 24.3 Å². The summed E-state index contributed by atoms with van der Waals surface area (Å²) in [5, 5.41) is 3.97. The zero-order valence-corrected chi connectivity index (χ0v) is 19.0. The summed E-state index contributed by atoms with van der Waals surface area (Å²) in [5.41, 5.74) is 1.06. The smallest absolute Gasteiger partial charge is 0.211 e. The molecule has 2 N–H and O–H groups in total. The topological polar surface area (TPSA) is 77.0 Å². The SMILES string of the molecule is CCS(=O)(=O)NCCNC(=NC)N1CCN(c2ccccc2Cl)CC1.I. The van der Waals surface area contributed by atoms with Crippen LogP contribution < -0.4 is 14.9 Å². The summed E-state index contributed by atoms with van der Waals surface area (Å²) in [6, 6.07) is 7.86. The standard InChI is InChI=1S/C16H26ClN5O2S.HI/c1-3-25(23,24)20-9-8-19-16(18-2)22-12-10-21(11-13-22)15-7-5-4-6-14(15)17;/h4-7,20H,3,8-13H2,1-2H3,(H,18,19);1H.